The third kappa shape index (κ3) is 3.85. The Bertz CT molecular complexity index is 774. The van der Waals surface area contributed by atoms with Gasteiger partial charge < -0.3 is 9.80 Å². The number of halogens is 1. The fourth-order valence-electron chi connectivity index (χ4n) is 3.05. The zero-order valence-electron chi connectivity index (χ0n) is 14.2. The number of rotatable bonds is 5. The van der Waals surface area contributed by atoms with Crippen LogP contribution in [0.25, 0.3) is 0 Å². The van der Waals surface area contributed by atoms with Gasteiger partial charge in [0.2, 0.25) is 5.91 Å². The van der Waals surface area contributed by atoms with Crippen molar-refractivity contribution in [1.82, 2.24) is 4.90 Å². The highest BCUT2D eigenvalue weighted by Crippen LogP contribution is 2.23. The first-order chi connectivity index (χ1) is 12.1. The van der Waals surface area contributed by atoms with E-state index in [1.807, 2.05) is 43.3 Å². The zero-order valence-corrected chi connectivity index (χ0v) is 15.0. The lowest BCUT2D eigenvalue weighted by atomic mass is 10.1. The predicted octanol–water partition coefficient (Wildman–Crippen LogP) is 4.13. The molecule has 2 aromatic rings. The molecule has 3 rings (SSSR count). The van der Waals surface area contributed by atoms with Crippen molar-refractivity contribution < 1.29 is 9.59 Å². The van der Waals surface area contributed by atoms with Crippen molar-refractivity contribution in [1.29, 1.82) is 0 Å². The quantitative estimate of drug-likeness (QED) is 0.808. The molecule has 1 aliphatic heterocycles. The number of amides is 2. The Hall–Kier alpha value is -2.33. The summed E-state index contributed by atoms with van der Waals surface area (Å²) in [5.74, 6) is 0.106. The standard InChI is InChI=1S/C20H21ClN2O2/c1-2-22(14-16-6-3-4-7-18(16)21)20(25)15-9-11-17(12-10-15)23-13-5-8-19(23)24/h3-4,6-7,9-12H,2,5,8,13-14H2,1H3. The molecule has 4 nitrogen and oxygen atoms in total. The van der Waals surface area contributed by atoms with Gasteiger partial charge in [0.1, 0.15) is 0 Å². The van der Waals surface area contributed by atoms with Crippen LogP contribution in [0.1, 0.15) is 35.7 Å². The minimum absolute atomic E-state index is 0.0401. The monoisotopic (exact) mass is 356 g/mol. The molecule has 0 N–H and O–H groups in total. The molecule has 130 valence electrons. The van der Waals surface area contributed by atoms with Gasteiger partial charge >= 0.3 is 0 Å². The summed E-state index contributed by atoms with van der Waals surface area (Å²) in [5, 5.41) is 0.664. The van der Waals surface area contributed by atoms with Crippen molar-refractivity contribution in [2.45, 2.75) is 26.3 Å². The summed E-state index contributed by atoms with van der Waals surface area (Å²) in [6, 6.07) is 14.8. The van der Waals surface area contributed by atoms with Crippen molar-refractivity contribution >= 4 is 29.1 Å². The largest absolute Gasteiger partial charge is 0.335 e. The first-order valence-corrected chi connectivity index (χ1v) is 8.91. The Balaban J connectivity index is 1.74. The molecule has 1 saturated heterocycles. The molecular formula is C20H21ClN2O2. The van der Waals surface area contributed by atoms with Gasteiger partial charge in [-0.15, -0.1) is 0 Å². The molecule has 1 fully saturated rings. The normalized spacial score (nSPS) is 14.0. The summed E-state index contributed by atoms with van der Waals surface area (Å²) < 4.78 is 0. The molecule has 2 aromatic carbocycles. The Kier molecular flexibility index (Phi) is 5.39. The topological polar surface area (TPSA) is 40.6 Å². The van der Waals surface area contributed by atoms with Crippen LogP contribution >= 0.6 is 11.6 Å². The minimum Gasteiger partial charge on any atom is -0.335 e. The molecular weight excluding hydrogens is 336 g/mol. The number of hydrogen-bond donors (Lipinski definition) is 0. The highest BCUT2D eigenvalue weighted by atomic mass is 35.5. The van der Waals surface area contributed by atoms with Gasteiger partial charge in [-0.3, -0.25) is 9.59 Å². The van der Waals surface area contributed by atoms with Crippen LogP contribution in [0.4, 0.5) is 5.69 Å². The maximum atomic E-state index is 12.8. The first kappa shape index (κ1) is 17.5. The average molecular weight is 357 g/mol. The molecule has 0 aliphatic carbocycles. The maximum Gasteiger partial charge on any atom is 0.254 e. The summed E-state index contributed by atoms with van der Waals surface area (Å²) in [7, 11) is 0. The Morgan fingerprint density at radius 3 is 2.48 bits per heavy atom. The molecule has 2 amide bonds. The van der Waals surface area contributed by atoms with Crippen molar-refractivity contribution in [3.63, 3.8) is 0 Å². The summed E-state index contributed by atoms with van der Waals surface area (Å²) in [6.07, 6.45) is 1.49. The van der Waals surface area contributed by atoms with E-state index in [1.165, 1.54) is 0 Å². The number of carbonyl (C=O) groups excluding carboxylic acids is 2. The SMILES string of the molecule is CCN(Cc1ccccc1Cl)C(=O)c1ccc(N2CCCC2=O)cc1. The summed E-state index contributed by atoms with van der Waals surface area (Å²) in [4.78, 5) is 28.1. The van der Waals surface area contributed by atoms with E-state index < -0.39 is 0 Å². The predicted molar refractivity (Wildman–Crippen MR) is 99.9 cm³/mol. The summed E-state index contributed by atoms with van der Waals surface area (Å²) in [6.45, 7) is 3.77. The van der Waals surface area contributed by atoms with Crippen LogP contribution in [-0.4, -0.2) is 29.8 Å². The van der Waals surface area contributed by atoms with E-state index in [-0.39, 0.29) is 11.8 Å². The van der Waals surface area contributed by atoms with Gasteiger partial charge in [0.15, 0.2) is 0 Å². The summed E-state index contributed by atoms with van der Waals surface area (Å²) in [5.41, 5.74) is 2.40. The zero-order chi connectivity index (χ0) is 17.8. The number of benzene rings is 2. The molecule has 0 radical (unpaired) electrons. The fraction of sp³-hybridized carbons (Fsp3) is 0.300. The van der Waals surface area contributed by atoms with Crippen LogP contribution in [0.15, 0.2) is 48.5 Å². The molecule has 0 bridgehead atoms. The van der Waals surface area contributed by atoms with Crippen LogP contribution in [0.3, 0.4) is 0 Å². The minimum atomic E-state index is -0.0401. The van der Waals surface area contributed by atoms with Gasteiger partial charge in [-0.1, -0.05) is 29.8 Å². The summed E-state index contributed by atoms with van der Waals surface area (Å²) >= 11 is 6.21. The maximum absolute atomic E-state index is 12.8. The van der Waals surface area contributed by atoms with Crippen LogP contribution in [0.5, 0.6) is 0 Å². The third-order valence-electron chi connectivity index (χ3n) is 4.49. The van der Waals surface area contributed by atoms with E-state index >= 15 is 0 Å². The molecule has 25 heavy (non-hydrogen) atoms. The van der Waals surface area contributed by atoms with Crippen molar-refractivity contribution in [3.8, 4) is 0 Å². The second kappa shape index (κ2) is 7.70. The van der Waals surface area contributed by atoms with Gasteiger partial charge in [0.25, 0.3) is 5.91 Å². The van der Waals surface area contributed by atoms with Crippen LogP contribution in [0.2, 0.25) is 5.02 Å². The first-order valence-electron chi connectivity index (χ1n) is 8.53. The fourth-order valence-corrected chi connectivity index (χ4v) is 3.24. The lowest BCUT2D eigenvalue weighted by Crippen LogP contribution is -2.30. The molecule has 5 heteroatoms. The van der Waals surface area contributed by atoms with Gasteiger partial charge in [-0.05, 0) is 49.2 Å². The van der Waals surface area contributed by atoms with E-state index in [1.54, 1.807) is 21.9 Å². The highest BCUT2D eigenvalue weighted by molar-refractivity contribution is 6.31. The van der Waals surface area contributed by atoms with E-state index in [0.29, 0.717) is 30.1 Å². The Morgan fingerprint density at radius 2 is 1.88 bits per heavy atom. The van der Waals surface area contributed by atoms with E-state index in [4.69, 9.17) is 11.6 Å². The smallest absolute Gasteiger partial charge is 0.254 e. The van der Waals surface area contributed by atoms with Crippen LogP contribution in [-0.2, 0) is 11.3 Å². The molecule has 0 spiro atoms. The van der Waals surface area contributed by atoms with Gasteiger partial charge in [0.05, 0.1) is 0 Å². The van der Waals surface area contributed by atoms with Gasteiger partial charge in [-0.25, -0.2) is 0 Å². The number of nitrogens with zero attached hydrogens (tertiary/aromatic N) is 2. The molecule has 0 unspecified atom stereocenters. The highest BCUT2D eigenvalue weighted by Gasteiger charge is 2.22. The van der Waals surface area contributed by atoms with Crippen molar-refractivity contribution in [2.75, 3.05) is 18.0 Å². The van der Waals surface area contributed by atoms with Crippen molar-refractivity contribution in [2.24, 2.45) is 0 Å². The van der Waals surface area contributed by atoms with E-state index in [2.05, 4.69) is 0 Å². The third-order valence-corrected chi connectivity index (χ3v) is 4.86. The molecule has 0 saturated carbocycles. The lowest BCUT2D eigenvalue weighted by molar-refractivity contribution is -0.117. The van der Waals surface area contributed by atoms with Gasteiger partial charge in [-0.2, -0.15) is 0 Å². The second-order valence-electron chi connectivity index (χ2n) is 6.11. The number of hydrogen-bond acceptors (Lipinski definition) is 2. The lowest BCUT2D eigenvalue weighted by Gasteiger charge is -2.22. The van der Waals surface area contributed by atoms with E-state index in [0.717, 1.165) is 24.2 Å². The molecule has 0 atom stereocenters. The Morgan fingerprint density at radius 1 is 1.16 bits per heavy atom. The van der Waals surface area contributed by atoms with Crippen LogP contribution in [0, 0.1) is 0 Å². The van der Waals surface area contributed by atoms with E-state index in [9.17, 15) is 9.59 Å². The van der Waals surface area contributed by atoms with Crippen LogP contribution < -0.4 is 4.90 Å². The molecule has 0 aromatic heterocycles. The average Bonchev–Trinajstić information content (AvgIpc) is 3.06. The molecule has 1 aliphatic rings. The van der Waals surface area contributed by atoms with Gasteiger partial charge in [0, 0.05) is 42.3 Å². The van der Waals surface area contributed by atoms with Crippen molar-refractivity contribution in [3.05, 3.63) is 64.7 Å². The second-order valence-corrected chi connectivity index (χ2v) is 6.51. The Labute approximate surface area is 153 Å². The number of anilines is 1. The number of carbonyl (C=O) groups is 2. The molecule has 1 heterocycles.